The maximum Gasteiger partial charge on any atom is 0.326 e. The molecule has 2 N–H and O–H groups in total. The Kier molecular flexibility index (Phi) is 5.73. The van der Waals surface area contributed by atoms with Crippen LogP contribution in [0.25, 0.3) is 0 Å². The SMILES string of the molecule is COc1ccc(C(=O)CCC(=O)NC(CC2CC2)C(=O)O)cc1. The van der Waals surface area contributed by atoms with Crippen LogP contribution in [0.3, 0.4) is 0 Å². The number of carboxylic acid groups (broad SMARTS) is 1. The lowest BCUT2D eigenvalue weighted by molar-refractivity contribution is -0.142. The van der Waals surface area contributed by atoms with Crippen molar-refractivity contribution in [2.45, 2.75) is 38.1 Å². The summed E-state index contributed by atoms with van der Waals surface area (Å²) >= 11 is 0. The van der Waals surface area contributed by atoms with E-state index in [1.807, 2.05) is 0 Å². The van der Waals surface area contributed by atoms with Crippen molar-refractivity contribution in [1.82, 2.24) is 5.32 Å². The molecule has 0 aliphatic heterocycles. The van der Waals surface area contributed by atoms with Crippen LogP contribution in [0.1, 0.15) is 42.5 Å². The van der Waals surface area contributed by atoms with Gasteiger partial charge in [-0.05, 0) is 36.6 Å². The summed E-state index contributed by atoms with van der Waals surface area (Å²) in [5.74, 6) is -0.524. The lowest BCUT2D eigenvalue weighted by Gasteiger charge is -2.13. The summed E-state index contributed by atoms with van der Waals surface area (Å²) < 4.78 is 5.02. The quantitative estimate of drug-likeness (QED) is 0.679. The van der Waals surface area contributed by atoms with Gasteiger partial charge in [-0.15, -0.1) is 0 Å². The first-order valence-corrected chi connectivity index (χ1v) is 7.69. The van der Waals surface area contributed by atoms with Crippen LogP contribution in [-0.4, -0.2) is 35.9 Å². The molecule has 2 rings (SSSR count). The molecule has 1 amide bonds. The first kappa shape index (κ1) is 17.0. The van der Waals surface area contributed by atoms with Crippen LogP contribution in [-0.2, 0) is 9.59 Å². The Morgan fingerprint density at radius 2 is 1.87 bits per heavy atom. The summed E-state index contributed by atoms with van der Waals surface area (Å²) in [6.07, 6.45) is 2.55. The van der Waals surface area contributed by atoms with Gasteiger partial charge < -0.3 is 15.2 Å². The standard InChI is InChI=1S/C17H21NO5/c1-23-13-6-4-12(5-7-13)15(19)8-9-16(20)18-14(17(21)22)10-11-2-3-11/h4-7,11,14H,2-3,8-10H2,1H3,(H,18,20)(H,21,22). The summed E-state index contributed by atoms with van der Waals surface area (Å²) in [6.45, 7) is 0. The molecule has 6 heteroatoms. The van der Waals surface area contributed by atoms with Gasteiger partial charge in [0, 0.05) is 18.4 Å². The Morgan fingerprint density at radius 1 is 1.22 bits per heavy atom. The fourth-order valence-electron chi connectivity index (χ4n) is 2.32. The predicted octanol–water partition coefficient (Wildman–Crippen LogP) is 2.03. The van der Waals surface area contributed by atoms with Crippen LogP contribution >= 0.6 is 0 Å². The fourth-order valence-corrected chi connectivity index (χ4v) is 2.32. The van der Waals surface area contributed by atoms with Gasteiger partial charge in [-0.1, -0.05) is 12.8 Å². The van der Waals surface area contributed by atoms with Crippen molar-refractivity contribution < 1.29 is 24.2 Å². The van der Waals surface area contributed by atoms with Crippen LogP contribution < -0.4 is 10.1 Å². The highest BCUT2D eigenvalue weighted by Gasteiger charge is 2.30. The molecule has 1 aromatic rings. The van der Waals surface area contributed by atoms with Crippen molar-refractivity contribution >= 4 is 17.7 Å². The number of benzene rings is 1. The molecule has 0 spiro atoms. The molecule has 0 saturated heterocycles. The second-order valence-electron chi connectivity index (χ2n) is 5.79. The van der Waals surface area contributed by atoms with Gasteiger partial charge in [0.2, 0.25) is 5.91 Å². The third-order valence-corrected chi connectivity index (χ3v) is 3.89. The van der Waals surface area contributed by atoms with E-state index in [4.69, 9.17) is 9.84 Å². The number of hydrogen-bond donors (Lipinski definition) is 2. The van der Waals surface area contributed by atoms with Gasteiger partial charge in [-0.2, -0.15) is 0 Å². The Labute approximate surface area is 134 Å². The smallest absolute Gasteiger partial charge is 0.326 e. The summed E-state index contributed by atoms with van der Waals surface area (Å²) in [5.41, 5.74) is 0.506. The molecule has 6 nitrogen and oxygen atoms in total. The number of hydrogen-bond acceptors (Lipinski definition) is 4. The number of rotatable bonds is 9. The van der Waals surface area contributed by atoms with E-state index in [0.717, 1.165) is 12.8 Å². The molecule has 0 heterocycles. The van der Waals surface area contributed by atoms with E-state index in [1.165, 1.54) is 0 Å². The Morgan fingerprint density at radius 3 is 2.39 bits per heavy atom. The van der Waals surface area contributed by atoms with E-state index in [1.54, 1.807) is 31.4 Å². The molecular weight excluding hydrogens is 298 g/mol. The normalized spacial score (nSPS) is 14.8. The number of Topliss-reactive ketones (excluding diaryl/α,β-unsaturated/α-hetero) is 1. The molecule has 1 aliphatic carbocycles. The van der Waals surface area contributed by atoms with Crippen LogP contribution in [0.5, 0.6) is 5.75 Å². The van der Waals surface area contributed by atoms with Crippen molar-refractivity contribution in [2.75, 3.05) is 7.11 Å². The maximum absolute atomic E-state index is 12.0. The van der Waals surface area contributed by atoms with Crippen molar-refractivity contribution in [2.24, 2.45) is 5.92 Å². The molecule has 0 bridgehead atoms. The van der Waals surface area contributed by atoms with Gasteiger partial charge in [0.15, 0.2) is 5.78 Å². The molecule has 1 unspecified atom stereocenters. The molecule has 0 radical (unpaired) electrons. The molecule has 0 aromatic heterocycles. The molecule has 1 fully saturated rings. The van der Waals surface area contributed by atoms with Crippen LogP contribution in [0.2, 0.25) is 0 Å². The van der Waals surface area contributed by atoms with Gasteiger partial charge in [0.05, 0.1) is 7.11 Å². The number of carboxylic acids is 1. The summed E-state index contributed by atoms with van der Waals surface area (Å²) in [6, 6.07) is 5.80. The van der Waals surface area contributed by atoms with Crippen molar-refractivity contribution in [3.05, 3.63) is 29.8 Å². The van der Waals surface area contributed by atoms with Gasteiger partial charge in [0.1, 0.15) is 11.8 Å². The van der Waals surface area contributed by atoms with E-state index in [9.17, 15) is 14.4 Å². The first-order chi connectivity index (χ1) is 11.0. The van der Waals surface area contributed by atoms with Gasteiger partial charge in [-0.25, -0.2) is 4.79 Å². The molecule has 1 aromatic carbocycles. The predicted molar refractivity (Wildman–Crippen MR) is 83.5 cm³/mol. The fraction of sp³-hybridized carbons (Fsp3) is 0.471. The highest BCUT2D eigenvalue weighted by molar-refractivity contribution is 5.98. The Hall–Kier alpha value is -2.37. The molecular formula is C17H21NO5. The van der Waals surface area contributed by atoms with Crippen LogP contribution in [0.4, 0.5) is 0 Å². The highest BCUT2D eigenvalue weighted by atomic mass is 16.5. The number of carbonyl (C=O) groups is 3. The average Bonchev–Trinajstić information content (AvgIpc) is 3.36. The zero-order valence-corrected chi connectivity index (χ0v) is 13.1. The molecule has 1 aliphatic rings. The first-order valence-electron chi connectivity index (χ1n) is 7.69. The zero-order chi connectivity index (χ0) is 16.8. The van der Waals surface area contributed by atoms with Crippen LogP contribution in [0.15, 0.2) is 24.3 Å². The second-order valence-corrected chi connectivity index (χ2v) is 5.79. The van der Waals surface area contributed by atoms with Crippen LogP contribution in [0, 0.1) is 5.92 Å². The minimum Gasteiger partial charge on any atom is -0.497 e. The maximum atomic E-state index is 12.0. The number of aliphatic carboxylic acids is 1. The van der Waals surface area contributed by atoms with Crippen molar-refractivity contribution in [3.63, 3.8) is 0 Å². The van der Waals surface area contributed by atoms with Crippen molar-refractivity contribution in [3.8, 4) is 5.75 Å². The van der Waals surface area contributed by atoms with E-state index >= 15 is 0 Å². The number of methoxy groups -OCH3 is 1. The Bertz CT molecular complexity index is 577. The average molecular weight is 319 g/mol. The zero-order valence-electron chi connectivity index (χ0n) is 13.1. The molecule has 23 heavy (non-hydrogen) atoms. The minimum absolute atomic E-state index is 0.0146. The summed E-state index contributed by atoms with van der Waals surface area (Å²) in [5, 5.41) is 11.6. The van der Waals surface area contributed by atoms with Crippen molar-refractivity contribution in [1.29, 1.82) is 0 Å². The second kappa shape index (κ2) is 7.76. The summed E-state index contributed by atoms with van der Waals surface area (Å²) in [7, 11) is 1.54. The van der Waals surface area contributed by atoms with E-state index < -0.39 is 17.9 Å². The number of carbonyl (C=O) groups excluding carboxylic acids is 2. The topological polar surface area (TPSA) is 92.7 Å². The number of amides is 1. The number of ether oxygens (including phenoxy) is 1. The van der Waals surface area contributed by atoms with E-state index in [-0.39, 0.29) is 18.6 Å². The van der Waals surface area contributed by atoms with E-state index in [2.05, 4.69) is 5.32 Å². The number of nitrogens with one attached hydrogen (secondary N) is 1. The third-order valence-electron chi connectivity index (χ3n) is 3.89. The highest BCUT2D eigenvalue weighted by Crippen LogP contribution is 2.33. The van der Waals surface area contributed by atoms with Gasteiger partial charge in [0.25, 0.3) is 0 Å². The summed E-state index contributed by atoms with van der Waals surface area (Å²) in [4.78, 5) is 35.0. The lowest BCUT2D eigenvalue weighted by atomic mass is 10.1. The minimum atomic E-state index is -1.02. The van der Waals surface area contributed by atoms with Gasteiger partial charge >= 0.3 is 5.97 Å². The monoisotopic (exact) mass is 319 g/mol. The Balaban J connectivity index is 1.79. The van der Waals surface area contributed by atoms with E-state index in [0.29, 0.717) is 23.7 Å². The number of ketones is 1. The third kappa shape index (κ3) is 5.39. The molecule has 124 valence electrons. The molecule has 1 saturated carbocycles. The lowest BCUT2D eigenvalue weighted by Crippen LogP contribution is -2.41. The largest absolute Gasteiger partial charge is 0.497 e. The molecule has 1 atom stereocenters. The van der Waals surface area contributed by atoms with Gasteiger partial charge in [-0.3, -0.25) is 9.59 Å².